The highest BCUT2D eigenvalue weighted by Gasteiger charge is 1.97. The van der Waals surface area contributed by atoms with Crippen LogP contribution in [-0.2, 0) is 6.54 Å². The summed E-state index contributed by atoms with van der Waals surface area (Å²) in [6.07, 6.45) is 0. The number of carbonyl (C=O) groups excluding carboxylic acids is 1. The highest BCUT2D eigenvalue weighted by molar-refractivity contribution is 9.11. The van der Waals surface area contributed by atoms with Gasteiger partial charge >= 0.3 is 0 Å². The Morgan fingerprint density at radius 1 is 1.73 bits per heavy atom. The van der Waals surface area contributed by atoms with E-state index in [0.29, 0.717) is 6.54 Å². The quantitative estimate of drug-likeness (QED) is 0.778. The zero-order chi connectivity index (χ0) is 8.27. The molecule has 1 aromatic rings. The van der Waals surface area contributed by atoms with Gasteiger partial charge in [0.2, 0.25) is 0 Å². The molecule has 0 aliphatic carbocycles. The van der Waals surface area contributed by atoms with E-state index in [1.807, 2.05) is 12.1 Å². The minimum absolute atomic E-state index is 0.297. The summed E-state index contributed by atoms with van der Waals surface area (Å²) in [5.74, 6) is 0. The smallest absolute Gasteiger partial charge is 0.276 e. The lowest BCUT2D eigenvalue weighted by molar-refractivity contribution is 0.261. The van der Waals surface area contributed by atoms with E-state index in [4.69, 9.17) is 0 Å². The summed E-state index contributed by atoms with van der Waals surface area (Å²) in [6.45, 7) is 0.554. The molecular weight excluding hydrogens is 246 g/mol. The van der Waals surface area contributed by atoms with Crippen LogP contribution < -0.4 is 5.32 Å². The average molecular weight is 252 g/mol. The average Bonchev–Trinajstić information content (AvgIpc) is 2.31. The van der Waals surface area contributed by atoms with Crippen molar-refractivity contribution in [2.75, 3.05) is 0 Å². The third kappa shape index (κ3) is 3.27. The summed E-state index contributed by atoms with van der Waals surface area (Å²) < 4.78 is 1.07. The van der Waals surface area contributed by atoms with Crippen molar-refractivity contribution in [3.63, 3.8) is 0 Å². The Kier molecular flexibility index (Phi) is 3.42. The van der Waals surface area contributed by atoms with Crippen LogP contribution in [0.4, 0.5) is 4.79 Å². The van der Waals surface area contributed by atoms with Crippen molar-refractivity contribution in [2.24, 2.45) is 0 Å². The van der Waals surface area contributed by atoms with E-state index in [1.54, 1.807) is 11.3 Å². The Balaban J connectivity index is 2.45. The molecule has 60 valence electrons. The lowest BCUT2D eigenvalue weighted by atomic mass is 10.5. The first kappa shape index (κ1) is 9.09. The Morgan fingerprint density at radius 2 is 2.45 bits per heavy atom. The van der Waals surface area contributed by atoms with E-state index in [1.165, 1.54) is 0 Å². The maximum atomic E-state index is 10.4. The first-order valence-electron chi connectivity index (χ1n) is 2.89. The zero-order valence-corrected chi connectivity index (χ0v) is 8.80. The van der Waals surface area contributed by atoms with Crippen molar-refractivity contribution in [1.82, 2.24) is 5.32 Å². The summed E-state index contributed by atoms with van der Waals surface area (Å²) in [5.41, 5.74) is 0. The van der Waals surface area contributed by atoms with E-state index in [0.717, 1.165) is 8.66 Å². The number of rotatable bonds is 2. The van der Waals surface area contributed by atoms with Gasteiger partial charge in [-0.3, -0.25) is 4.79 Å². The number of halogens is 1. The SMILES string of the molecule is O=C(S)NCc1ccc(Br)s1. The van der Waals surface area contributed by atoms with Crippen LogP contribution >= 0.6 is 39.9 Å². The largest absolute Gasteiger partial charge is 0.342 e. The lowest BCUT2D eigenvalue weighted by Gasteiger charge is -1.95. The molecule has 1 amide bonds. The molecule has 0 radical (unpaired) electrons. The molecule has 1 N–H and O–H groups in total. The van der Waals surface area contributed by atoms with E-state index in [2.05, 4.69) is 33.9 Å². The second-order valence-electron chi connectivity index (χ2n) is 1.86. The number of nitrogens with one attached hydrogen (secondary N) is 1. The maximum Gasteiger partial charge on any atom is 0.276 e. The van der Waals surface area contributed by atoms with Gasteiger partial charge in [-0.1, -0.05) is 12.6 Å². The van der Waals surface area contributed by atoms with Gasteiger partial charge < -0.3 is 5.32 Å². The second-order valence-corrected chi connectivity index (χ2v) is 4.82. The Morgan fingerprint density at radius 3 is 2.91 bits per heavy atom. The van der Waals surface area contributed by atoms with Crippen molar-refractivity contribution in [3.05, 3.63) is 20.8 Å². The van der Waals surface area contributed by atoms with Crippen molar-refractivity contribution in [3.8, 4) is 0 Å². The van der Waals surface area contributed by atoms with Crippen molar-refractivity contribution >= 4 is 45.1 Å². The summed E-state index contributed by atoms with van der Waals surface area (Å²) in [5, 5.41) is 2.29. The summed E-state index contributed by atoms with van der Waals surface area (Å²) >= 11 is 8.50. The molecule has 0 bridgehead atoms. The van der Waals surface area contributed by atoms with Crippen molar-refractivity contribution in [2.45, 2.75) is 6.54 Å². The molecule has 0 aliphatic rings. The lowest BCUT2D eigenvalue weighted by Crippen LogP contribution is -2.14. The summed E-state index contributed by atoms with van der Waals surface area (Å²) in [4.78, 5) is 11.5. The molecule has 0 aromatic carbocycles. The number of carbonyl (C=O) groups is 1. The molecule has 5 heteroatoms. The Labute approximate surface area is 82.5 Å². The molecular formula is C6H6BrNOS2. The number of thiol groups is 1. The molecule has 1 heterocycles. The minimum Gasteiger partial charge on any atom is -0.342 e. The van der Waals surface area contributed by atoms with E-state index in [9.17, 15) is 4.79 Å². The molecule has 1 rings (SSSR count). The van der Waals surface area contributed by atoms with Gasteiger partial charge in [0.15, 0.2) is 0 Å². The number of hydrogen-bond donors (Lipinski definition) is 2. The van der Waals surface area contributed by atoms with Crippen molar-refractivity contribution < 1.29 is 4.79 Å². The third-order valence-electron chi connectivity index (χ3n) is 1.04. The highest BCUT2D eigenvalue weighted by atomic mass is 79.9. The van der Waals surface area contributed by atoms with E-state index < -0.39 is 0 Å². The topological polar surface area (TPSA) is 29.1 Å². The van der Waals surface area contributed by atoms with Gasteiger partial charge in [-0.15, -0.1) is 11.3 Å². The fraction of sp³-hybridized carbons (Fsp3) is 0.167. The zero-order valence-electron chi connectivity index (χ0n) is 5.50. The minimum atomic E-state index is -0.297. The second kappa shape index (κ2) is 4.13. The van der Waals surface area contributed by atoms with Gasteiger partial charge in [-0.05, 0) is 28.1 Å². The molecule has 0 atom stereocenters. The van der Waals surface area contributed by atoms with Gasteiger partial charge in [-0.25, -0.2) is 0 Å². The standard InChI is InChI=1S/C6H6BrNOS2/c7-5-2-1-4(11-5)3-8-6(9)10/h1-2H,3H2,(H2,8,9,10). The fourth-order valence-corrected chi connectivity index (χ4v) is 2.11. The van der Waals surface area contributed by atoms with Gasteiger partial charge in [0.25, 0.3) is 5.24 Å². The van der Waals surface area contributed by atoms with Crippen LogP contribution in [-0.4, -0.2) is 5.24 Å². The van der Waals surface area contributed by atoms with Gasteiger partial charge in [0.1, 0.15) is 0 Å². The fourth-order valence-electron chi connectivity index (χ4n) is 0.609. The summed E-state index contributed by atoms with van der Waals surface area (Å²) in [7, 11) is 0. The van der Waals surface area contributed by atoms with Crippen LogP contribution in [0.15, 0.2) is 15.9 Å². The molecule has 0 saturated heterocycles. The number of thiophene rings is 1. The Bertz CT molecular complexity index is 261. The molecule has 0 aliphatic heterocycles. The molecule has 1 aromatic heterocycles. The van der Waals surface area contributed by atoms with Crippen LogP contribution in [0.2, 0.25) is 0 Å². The molecule has 0 unspecified atom stereocenters. The van der Waals surface area contributed by atoms with Crippen LogP contribution in [0.5, 0.6) is 0 Å². The van der Waals surface area contributed by atoms with Crippen LogP contribution in [0.1, 0.15) is 4.88 Å². The molecule has 0 saturated carbocycles. The van der Waals surface area contributed by atoms with Crippen molar-refractivity contribution in [1.29, 1.82) is 0 Å². The van der Waals surface area contributed by atoms with Crippen LogP contribution in [0.3, 0.4) is 0 Å². The van der Waals surface area contributed by atoms with Gasteiger partial charge in [-0.2, -0.15) is 0 Å². The maximum absolute atomic E-state index is 10.4. The third-order valence-corrected chi connectivity index (χ3v) is 2.82. The van der Waals surface area contributed by atoms with E-state index >= 15 is 0 Å². The number of hydrogen-bond acceptors (Lipinski definition) is 2. The first-order valence-corrected chi connectivity index (χ1v) is 4.95. The molecule has 2 nitrogen and oxygen atoms in total. The molecule has 11 heavy (non-hydrogen) atoms. The van der Waals surface area contributed by atoms with Crippen LogP contribution in [0, 0.1) is 0 Å². The Hall–Kier alpha value is -0.0000000000000000833. The normalized spacial score (nSPS) is 9.64. The highest BCUT2D eigenvalue weighted by Crippen LogP contribution is 2.21. The molecule has 0 fully saturated rings. The van der Waals surface area contributed by atoms with Gasteiger partial charge in [0, 0.05) is 4.88 Å². The van der Waals surface area contributed by atoms with E-state index in [-0.39, 0.29) is 5.24 Å². The monoisotopic (exact) mass is 251 g/mol. The predicted octanol–water partition coefficient (Wildman–Crippen LogP) is 2.65. The molecule has 0 spiro atoms. The van der Waals surface area contributed by atoms with Gasteiger partial charge in [0.05, 0.1) is 10.3 Å². The summed E-state index contributed by atoms with van der Waals surface area (Å²) in [6, 6.07) is 3.91. The number of amides is 1. The first-order chi connectivity index (χ1) is 5.18. The predicted molar refractivity (Wildman–Crippen MR) is 53.2 cm³/mol. The van der Waals surface area contributed by atoms with Crippen LogP contribution in [0.25, 0.3) is 0 Å².